The Balaban J connectivity index is 2.52. The van der Waals surface area contributed by atoms with E-state index in [0.29, 0.717) is 11.1 Å². The predicted molar refractivity (Wildman–Crippen MR) is 71.5 cm³/mol. The van der Waals surface area contributed by atoms with E-state index in [4.69, 9.17) is 21.4 Å². The number of carbonyl (C=O) groups is 1. The molecule has 0 saturated heterocycles. The number of ether oxygens (including phenoxy) is 1. The number of halogens is 2. The molecule has 0 aromatic heterocycles. The molecule has 6 nitrogen and oxygen atoms in total. The molecule has 108 valence electrons. The zero-order valence-electron chi connectivity index (χ0n) is 10.2. The zero-order valence-corrected chi connectivity index (χ0v) is 11.0. The number of benzene rings is 2. The van der Waals surface area contributed by atoms with Crippen LogP contribution in [0.3, 0.4) is 0 Å². The number of rotatable bonds is 4. The fourth-order valence-electron chi connectivity index (χ4n) is 1.59. The van der Waals surface area contributed by atoms with Crippen LogP contribution in [0.15, 0.2) is 36.4 Å². The molecule has 0 aliphatic carbocycles. The minimum absolute atomic E-state index is 0.161. The number of nitrogens with zero attached hydrogens (tertiary/aromatic N) is 1. The van der Waals surface area contributed by atoms with E-state index in [-0.39, 0.29) is 11.5 Å². The van der Waals surface area contributed by atoms with E-state index in [1.807, 2.05) is 0 Å². The molecule has 0 atom stereocenters. The topological polar surface area (TPSA) is 89.7 Å². The number of aromatic carboxylic acids is 1. The van der Waals surface area contributed by atoms with Crippen molar-refractivity contribution in [2.75, 3.05) is 0 Å². The van der Waals surface area contributed by atoms with Crippen LogP contribution in [-0.4, -0.2) is 16.0 Å². The third kappa shape index (κ3) is 3.26. The molecule has 0 amide bonds. The van der Waals surface area contributed by atoms with E-state index in [1.54, 1.807) is 12.1 Å². The first kappa shape index (κ1) is 14.7. The average molecular weight is 312 g/mol. The summed E-state index contributed by atoms with van der Waals surface area (Å²) in [6.45, 7) is 0. The van der Waals surface area contributed by atoms with Crippen molar-refractivity contribution < 1.29 is 24.0 Å². The normalized spacial score (nSPS) is 10.2. The van der Waals surface area contributed by atoms with Gasteiger partial charge in [-0.25, -0.2) is 9.18 Å². The van der Waals surface area contributed by atoms with Gasteiger partial charge in [0.05, 0.1) is 16.6 Å². The first-order valence-electron chi connectivity index (χ1n) is 5.53. The average Bonchev–Trinajstić information content (AvgIpc) is 2.39. The molecule has 0 bridgehead atoms. The van der Waals surface area contributed by atoms with Crippen LogP contribution in [0, 0.1) is 15.9 Å². The van der Waals surface area contributed by atoms with Gasteiger partial charge in [-0.3, -0.25) is 10.1 Å². The SMILES string of the molecule is O=C(O)c1cc(Oc2cccc(Cl)c2)c([N+](=O)[O-])cc1F. The van der Waals surface area contributed by atoms with Crippen molar-refractivity contribution in [2.45, 2.75) is 0 Å². The molecule has 8 heteroatoms. The molecule has 0 aliphatic heterocycles. The Morgan fingerprint density at radius 1 is 1.33 bits per heavy atom. The lowest BCUT2D eigenvalue weighted by Gasteiger charge is -2.08. The minimum Gasteiger partial charge on any atom is -0.478 e. The molecule has 2 aromatic rings. The second-order valence-electron chi connectivity index (χ2n) is 3.92. The summed E-state index contributed by atoms with van der Waals surface area (Å²) in [7, 11) is 0. The quantitative estimate of drug-likeness (QED) is 0.683. The van der Waals surface area contributed by atoms with Gasteiger partial charge in [-0.1, -0.05) is 17.7 Å². The molecule has 0 radical (unpaired) electrons. The van der Waals surface area contributed by atoms with E-state index >= 15 is 0 Å². The smallest absolute Gasteiger partial charge is 0.338 e. The number of carboxylic acids is 1. The molecule has 1 N–H and O–H groups in total. The summed E-state index contributed by atoms with van der Waals surface area (Å²) in [5.41, 5.74) is -1.41. The van der Waals surface area contributed by atoms with Crippen molar-refractivity contribution in [3.8, 4) is 11.5 Å². The van der Waals surface area contributed by atoms with Gasteiger partial charge in [0.15, 0.2) is 0 Å². The van der Waals surface area contributed by atoms with E-state index in [9.17, 15) is 19.3 Å². The van der Waals surface area contributed by atoms with Gasteiger partial charge in [-0.15, -0.1) is 0 Å². The summed E-state index contributed by atoms with van der Waals surface area (Å²) >= 11 is 5.75. The van der Waals surface area contributed by atoms with Crippen molar-refractivity contribution >= 4 is 23.3 Å². The van der Waals surface area contributed by atoms with E-state index < -0.39 is 28.0 Å². The number of hydrogen-bond donors (Lipinski definition) is 1. The maximum Gasteiger partial charge on any atom is 0.338 e. The maximum atomic E-state index is 13.5. The van der Waals surface area contributed by atoms with Crippen molar-refractivity contribution in [3.05, 3.63) is 62.9 Å². The number of carboxylic acid groups (broad SMARTS) is 1. The van der Waals surface area contributed by atoms with Crippen LogP contribution in [0.25, 0.3) is 0 Å². The van der Waals surface area contributed by atoms with Crippen molar-refractivity contribution in [3.63, 3.8) is 0 Å². The van der Waals surface area contributed by atoms with Gasteiger partial charge in [-0.2, -0.15) is 0 Å². The van der Waals surface area contributed by atoms with Crippen molar-refractivity contribution in [1.29, 1.82) is 0 Å². The lowest BCUT2D eigenvalue weighted by atomic mass is 10.1. The van der Waals surface area contributed by atoms with Gasteiger partial charge in [0, 0.05) is 11.1 Å². The van der Waals surface area contributed by atoms with Crippen LogP contribution in [0.5, 0.6) is 11.5 Å². The third-order valence-corrected chi connectivity index (χ3v) is 2.73. The first-order valence-corrected chi connectivity index (χ1v) is 5.91. The zero-order chi connectivity index (χ0) is 15.6. The maximum absolute atomic E-state index is 13.5. The van der Waals surface area contributed by atoms with Crippen LogP contribution in [-0.2, 0) is 0 Å². The molecule has 0 fully saturated rings. The highest BCUT2D eigenvalue weighted by atomic mass is 35.5. The molecule has 2 rings (SSSR count). The molecular formula is C13H7ClFNO5. The van der Waals surface area contributed by atoms with Crippen LogP contribution in [0.4, 0.5) is 10.1 Å². The predicted octanol–water partition coefficient (Wildman–Crippen LogP) is 3.88. The molecule has 21 heavy (non-hydrogen) atoms. The molecule has 0 saturated carbocycles. The fraction of sp³-hybridized carbons (Fsp3) is 0. The molecule has 0 spiro atoms. The van der Waals surface area contributed by atoms with Gasteiger partial charge in [0.1, 0.15) is 11.6 Å². The van der Waals surface area contributed by atoms with Gasteiger partial charge in [0.25, 0.3) is 0 Å². The van der Waals surface area contributed by atoms with Gasteiger partial charge in [0.2, 0.25) is 5.75 Å². The Morgan fingerprint density at radius 3 is 2.62 bits per heavy atom. The van der Waals surface area contributed by atoms with Gasteiger partial charge in [-0.05, 0) is 18.2 Å². The summed E-state index contributed by atoms with van der Waals surface area (Å²) in [6.07, 6.45) is 0. The van der Waals surface area contributed by atoms with Crippen LogP contribution < -0.4 is 4.74 Å². The Bertz CT molecular complexity index is 734. The monoisotopic (exact) mass is 311 g/mol. The van der Waals surface area contributed by atoms with Gasteiger partial charge < -0.3 is 9.84 Å². The second kappa shape index (κ2) is 5.76. The highest BCUT2D eigenvalue weighted by Crippen LogP contribution is 2.34. The number of hydrogen-bond acceptors (Lipinski definition) is 4. The van der Waals surface area contributed by atoms with Crippen LogP contribution in [0.2, 0.25) is 5.02 Å². The summed E-state index contributed by atoms with van der Waals surface area (Å²) in [5, 5.41) is 20.1. The number of nitro groups is 1. The Hall–Kier alpha value is -2.67. The second-order valence-corrected chi connectivity index (χ2v) is 4.36. The van der Waals surface area contributed by atoms with E-state index in [1.165, 1.54) is 12.1 Å². The summed E-state index contributed by atoms with van der Waals surface area (Å²) in [6, 6.07) is 7.23. The highest BCUT2D eigenvalue weighted by Gasteiger charge is 2.23. The van der Waals surface area contributed by atoms with Gasteiger partial charge >= 0.3 is 11.7 Å². The van der Waals surface area contributed by atoms with Crippen LogP contribution >= 0.6 is 11.6 Å². The highest BCUT2D eigenvalue weighted by molar-refractivity contribution is 6.30. The van der Waals surface area contributed by atoms with E-state index in [0.717, 1.165) is 6.07 Å². The van der Waals surface area contributed by atoms with Crippen LogP contribution in [0.1, 0.15) is 10.4 Å². The van der Waals surface area contributed by atoms with Crippen molar-refractivity contribution in [2.24, 2.45) is 0 Å². The van der Waals surface area contributed by atoms with E-state index in [2.05, 4.69) is 0 Å². The molecule has 0 unspecified atom stereocenters. The fourth-order valence-corrected chi connectivity index (χ4v) is 1.77. The Kier molecular flexibility index (Phi) is 4.04. The lowest BCUT2D eigenvalue weighted by molar-refractivity contribution is -0.385. The summed E-state index contributed by atoms with van der Waals surface area (Å²) in [5.74, 6) is -3.00. The minimum atomic E-state index is -1.56. The molecule has 0 heterocycles. The Labute approximate surface area is 122 Å². The van der Waals surface area contributed by atoms with Crippen molar-refractivity contribution in [1.82, 2.24) is 0 Å². The third-order valence-electron chi connectivity index (χ3n) is 2.50. The standard InChI is InChI=1S/C13H7ClFNO5/c14-7-2-1-3-8(4-7)21-12-5-9(13(17)18)10(15)6-11(12)16(19)20/h1-6H,(H,17,18). The molecule has 0 aliphatic rings. The summed E-state index contributed by atoms with van der Waals surface area (Å²) in [4.78, 5) is 20.9. The Morgan fingerprint density at radius 2 is 2.05 bits per heavy atom. The number of nitro benzene ring substituents is 1. The first-order chi connectivity index (χ1) is 9.88. The molecule has 2 aromatic carbocycles. The lowest BCUT2D eigenvalue weighted by Crippen LogP contribution is -2.03. The summed E-state index contributed by atoms with van der Waals surface area (Å²) < 4.78 is 18.7. The molecular weight excluding hydrogens is 305 g/mol. The largest absolute Gasteiger partial charge is 0.478 e.